The molecule has 0 heterocycles. The van der Waals surface area contributed by atoms with E-state index in [1.54, 1.807) is 0 Å². The van der Waals surface area contributed by atoms with Gasteiger partial charge in [0.1, 0.15) is 0 Å². The summed E-state index contributed by atoms with van der Waals surface area (Å²) in [6.45, 7) is 0. The van der Waals surface area contributed by atoms with Crippen LogP contribution in [0.15, 0.2) is 0 Å². The second-order valence-corrected chi connectivity index (χ2v) is 18.5. The molecule has 0 bridgehead atoms. The van der Waals surface area contributed by atoms with Crippen molar-refractivity contribution in [2.24, 2.45) is 0 Å². The normalized spacial score (nSPS) is 11.3. The molecule has 3 radical (unpaired) electrons. The molecule has 0 saturated carbocycles. The van der Waals surface area contributed by atoms with Gasteiger partial charge in [-0.25, -0.2) is 0 Å². The van der Waals surface area contributed by atoms with Crippen molar-refractivity contribution in [3.63, 3.8) is 0 Å². The fourth-order valence-electron chi connectivity index (χ4n) is 0. The van der Waals surface area contributed by atoms with E-state index in [9.17, 15) is 0 Å². The molecule has 0 aromatic rings. The second-order valence-electron chi connectivity index (χ2n) is 3.13. The maximum absolute atomic E-state index is 8.85. The Morgan fingerprint density at radius 1 is 0.194 bits per heavy atom. The first-order valence-corrected chi connectivity index (χ1v) is 28.9. The molecule has 0 spiro atoms. The van der Waals surface area contributed by atoms with Gasteiger partial charge in [-0.3, -0.25) is 0 Å². The van der Waals surface area contributed by atoms with Crippen LogP contribution in [0.2, 0.25) is 0 Å². The Bertz CT molecular complexity index is 909. The topological polar surface area (TPSA) is 522 Å². The van der Waals surface area contributed by atoms with E-state index in [2.05, 4.69) is 0 Å². The molecule has 36 heteroatoms. The van der Waals surface area contributed by atoms with Gasteiger partial charge in [0.2, 0.25) is 0 Å². The summed E-state index contributed by atoms with van der Waals surface area (Å²) in [6.07, 6.45) is 0. The van der Waals surface area contributed by atoms with E-state index in [1.807, 2.05) is 0 Å². The number of hydrogen-bond acceptors (Lipinski definition) is 14. The molecule has 0 aliphatic carbocycles. The first kappa shape index (κ1) is 57.8. The van der Waals surface area contributed by atoms with Crippen LogP contribution in [0.5, 0.6) is 0 Å². The molecule has 28 nitrogen and oxygen atoms in total. The van der Waals surface area contributed by atoms with E-state index in [4.69, 9.17) is 100 Å². The van der Waals surface area contributed by atoms with Crippen molar-refractivity contribution in [3.8, 4) is 0 Å². The summed E-state index contributed by atoms with van der Waals surface area (Å²) in [6, 6.07) is 0. The van der Waals surface area contributed by atoms with Gasteiger partial charge >= 0.3 is 217 Å². The summed E-state index contributed by atoms with van der Waals surface area (Å²) in [5, 5.41) is 0. The average molecular weight is 1160 g/mol. The van der Waals surface area contributed by atoms with Crippen LogP contribution in [0, 0.1) is 0 Å². The van der Waals surface area contributed by atoms with E-state index in [0.29, 0.717) is 0 Å². The molecule has 0 aromatic heterocycles. The van der Waals surface area contributed by atoms with Gasteiger partial charge in [-0.2, -0.15) is 0 Å². The van der Waals surface area contributed by atoms with Crippen LogP contribution in [0.3, 0.4) is 0 Å². The molecule has 0 amide bonds. The van der Waals surface area contributed by atoms with Crippen LogP contribution in [-0.4, -0.2) is 70.0 Å². The van der Waals surface area contributed by atoms with Crippen LogP contribution in [-0.2, 0) is 165 Å². The van der Waals surface area contributed by atoms with Gasteiger partial charge in [0.15, 0.2) is 0 Å². The maximum atomic E-state index is 8.85. The Labute approximate surface area is 231 Å². The molecule has 0 fully saturated rings. The Balaban J connectivity index is -0.0000000422. The predicted molar refractivity (Wildman–Crippen MR) is 46.4 cm³/mol. The zero-order chi connectivity index (χ0) is 31.5. The first-order valence-electron chi connectivity index (χ1n) is 4.89. The average Bonchev–Trinajstić information content (AvgIpc) is 2.06. The minimum absolute atomic E-state index is 0. The predicted octanol–water partition coefficient (Wildman–Crippen LogP) is -9.86. The Morgan fingerprint density at radius 3 is 0.194 bits per heavy atom. The minimum atomic E-state index is -5.52. The van der Waals surface area contributed by atoms with Crippen molar-refractivity contribution in [1.29, 1.82) is 0 Å². The van der Waals surface area contributed by atoms with Crippen LogP contribution in [0.25, 0.3) is 0 Å². The van der Waals surface area contributed by atoms with Crippen molar-refractivity contribution in [2.45, 2.75) is 0 Å². The summed E-state index contributed by atoms with van der Waals surface area (Å²) >= 11 is -38.6. The molecule has 0 saturated heterocycles. The fourth-order valence-corrected chi connectivity index (χ4v) is 0. The molecule has 0 atom stereocenters. The molecule has 14 N–H and O–H groups in total. The quantitative estimate of drug-likeness (QED) is 0.100. The third kappa shape index (κ3) is 11100. The Kier molecular flexibility index (Phi) is 39.7. The van der Waals surface area contributed by atoms with Crippen molar-refractivity contribution in [2.75, 3.05) is 0 Å². The van der Waals surface area contributed by atoms with E-state index >= 15 is 0 Å². The first-order chi connectivity index (χ1) is 14.0. The van der Waals surface area contributed by atoms with Gasteiger partial charge in [-0.15, -0.1) is 0 Å². The van der Waals surface area contributed by atoms with Gasteiger partial charge in [-0.05, 0) is 0 Å². The van der Waals surface area contributed by atoms with E-state index < -0.39 is 117 Å². The molecule has 0 aromatic carbocycles. The molecule has 0 rings (SSSR count). The molecule has 227 valence electrons. The SMILES string of the molecule is [Al].[O]=[Mo](=[O])([OH])[OH].[O]=[Mo](=[O])([OH])[OH].[O]=[Mo](=[O])([OH])[OH].[O]=[Mo](=[O])([OH])[OH].[O]=[Mo](=[O])([OH])[OH].[O]=[Mo](=[O])([OH])[OH].[O]=[Mo](=[O])([OH])[OH]. The molecule has 0 aliphatic heterocycles. The van der Waals surface area contributed by atoms with Crippen molar-refractivity contribution in [3.05, 3.63) is 0 Å². The third-order valence-corrected chi connectivity index (χ3v) is 0. The van der Waals surface area contributed by atoms with Crippen molar-refractivity contribution < 1.29 is 217 Å². The van der Waals surface area contributed by atoms with Gasteiger partial charge in [-0.1, -0.05) is 0 Å². The fraction of sp³-hybridized carbons (Fsp3) is 0. The van der Waals surface area contributed by atoms with E-state index in [-0.39, 0.29) is 17.4 Å². The molecule has 0 aliphatic rings. The Morgan fingerprint density at radius 2 is 0.194 bits per heavy atom. The summed E-state index contributed by atoms with van der Waals surface area (Å²) in [5.74, 6) is 0. The molecule has 36 heavy (non-hydrogen) atoms. The molecular formula is H14AlMo7O28. The van der Waals surface area contributed by atoms with Gasteiger partial charge in [0.25, 0.3) is 0 Å². The second kappa shape index (κ2) is 24.8. The standard InChI is InChI=1S/Al.7Mo.14H2O.14O/h;;;;;;;;14*1H2;;;;;;;;;;;;;;/q;7*+2;;;;;;;;;;;;;;;;;;;;;;;;;;;;/p-14. The van der Waals surface area contributed by atoms with Crippen LogP contribution >= 0.6 is 0 Å². The van der Waals surface area contributed by atoms with Crippen molar-refractivity contribution >= 4 is 17.4 Å². The van der Waals surface area contributed by atoms with Crippen molar-refractivity contribution in [1.82, 2.24) is 0 Å². The van der Waals surface area contributed by atoms with E-state index in [0.717, 1.165) is 0 Å². The van der Waals surface area contributed by atoms with Gasteiger partial charge in [0, 0.05) is 17.4 Å². The van der Waals surface area contributed by atoms with E-state index in [1.165, 1.54) is 0 Å². The monoisotopic (exact) mass is 1170 g/mol. The summed E-state index contributed by atoms with van der Waals surface area (Å²) < 4.78 is 224. The zero-order valence-corrected chi connectivity index (χ0v) is 30.6. The Hall–Kier alpha value is 1.99. The molecule has 0 unspecified atom stereocenters. The number of rotatable bonds is 0. The summed E-state index contributed by atoms with van der Waals surface area (Å²) in [4.78, 5) is 0. The van der Waals surface area contributed by atoms with Crippen LogP contribution in [0.1, 0.15) is 0 Å². The third-order valence-electron chi connectivity index (χ3n) is 0. The van der Waals surface area contributed by atoms with Crippen LogP contribution in [0.4, 0.5) is 0 Å². The number of hydrogen-bond donors (Lipinski definition) is 14. The zero-order valence-electron chi connectivity index (χ0n) is 15.4. The van der Waals surface area contributed by atoms with Gasteiger partial charge in [0.05, 0.1) is 0 Å². The van der Waals surface area contributed by atoms with Crippen LogP contribution < -0.4 is 0 Å². The molecular weight excluding hydrogens is 1150 g/mol. The summed E-state index contributed by atoms with van der Waals surface area (Å²) in [5.41, 5.74) is 0. The summed E-state index contributed by atoms with van der Waals surface area (Å²) in [7, 11) is 0. The van der Waals surface area contributed by atoms with Gasteiger partial charge < -0.3 is 0 Å².